The van der Waals surface area contributed by atoms with Gasteiger partial charge < -0.3 is 37.2 Å². The number of rotatable bonds is 12. The second-order valence-corrected chi connectivity index (χ2v) is 8.13. The molecule has 0 aromatic heterocycles. The van der Waals surface area contributed by atoms with Crippen molar-refractivity contribution in [2.75, 3.05) is 19.6 Å². The van der Waals surface area contributed by atoms with Gasteiger partial charge in [-0.3, -0.25) is 14.4 Å². The number of nitrogens with one attached hydrogen (secondary N) is 2. The highest BCUT2D eigenvalue weighted by atomic mass is 16.4. The van der Waals surface area contributed by atoms with E-state index in [1.807, 2.05) is 0 Å². The van der Waals surface area contributed by atoms with E-state index in [2.05, 4.69) is 10.6 Å². The van der Waals surface area contributed by atoms with Gasteiger partial charge >= 0.3 is 5.97 Å². The van der Waals surface area contributed by atoms with Gasteiger partial charge in [-0.05, 0) is 62.8 Å². The first kappa shape index (κ1) is 26.1. The summed E-state index contributed by atoms with van der Waals surface area (Å²) in [5, 5.41) is 23.5. The number of phenols is 1. The molecular weight excluding hydrogens is 430 g/mol. The summed E-state index contributed by atoms with van der Waals surface area (Å²) in [5.74, 6) is -2.51. The van der Waals surface area contributed by atoms with Crippen LogP contribution in [0.25, 0.3) is 0 Å². The van der Waals surface area contributed by atoms with E-state index in [0.717, 1.165) is 5.56 Å². The fourth-order valence-corrected chi connectivity index (χ4v) is 3.77. The number of aliphatic carboxylic acids is 1. The lowest BCUT2D eigenvalue weighted by Gasteiger charge is -2.26. The van der Waals surface area contributed by atoms with E-state index in [4.69, 9.17) is 11.5 Å². The normalized spacial score (nSPS) is 17.3. The van der Waals surface area contributed by atoms with E-state index in [9.17, 15) is 29.4 Å². The van der Waals surface area contributed by atoms with E-state index in [1.54, 1.807) is 12.1 Å². The van der Waals surface area contributed by atoms with E-state index in [0.29, 0.717) is 38.8 Å². The Kier molecular flexibility index (Phi) is 10.1. The Morgan fingerprint density at radius 2 is 1.85 bits per heavy atom. The zero-order valence-corrected chi connectivity index (χ0v) is 18.5. The molecule has 3 atom stereocenters. The molecule has 0 saturated carbocycles. The Hall–Kier alpha value is -3.18. The highest BCUT2D eigenvalue weighted by Crippen LogP contribution is 2.19. The van der Waals surface area contributed by atoms with E-state index in [-0.39, 0.29) is 24.5 Å². The molecule has 1 saturated heterocycles. The molecule has 0 spiro atoms. The van der Waals surface area contributed by atoms with Crippen LogP contribution in [0.1, 0.15) is 37.7 Å². The van der Waals surface area contributed by atoms with Crippen molar-refractivity contribution in [1.82, 2.24) is 15.5 Å². The van der Waals surface area contributed by atoms with Crippen molar-refractivity contribution in [3.05, 3.63) is 29.8 Å². The van der Waals surface area contributed by atoms with Gasteiger partial charge in [0.25, 0.3) is 0 Å². The van der Waals surface area contributed by atoms with Gasteiger partial charge in [0.1, 0.15) is 17.8 Å². The highest BCUT2D eigenvalue weighted by molar-refractivity contribution is 5.93. The predicted octanol–water partition coefficient (Wildman–Crippen LogP) is -0.932. The molecule has 1 heterocycles. The van der Waals surface area contributed by atoms with Crippen molar-refractivity contribution in [3.63, 3.8) is 0 Å². The minimum atomic E-state index is -1.15. The van der Waals surface area contributed by atoms with Crippen LogP contribution in [0.3, 0.4) is 0 Å². The number of phenolic OH excluding ortho intramolecular Hbond substituents is 1. The van der Waals surface area contributed by atoms with Gasteiger partial charge in [-0.15, -0.1) is 0 Å². The standard InChI is InChI=1S/C22H33N5O6/c23-10-2-1-4-17(22(32)33)26-19(29)13-25-20(30)18-5-3-11-27(18)21(31)16(24)12-14-6-8-15(28)9-7-14/h6-9,16-18,28H,1-5,10-13,23-24H2,(H,25,30)(H,26,29)(H,32,33). The third-order valence-electron chi connectivity index (χ3n) is 5.55. The van der Waals surface area contributed by atoms with E-state index in [1.165, 1.54) is 17.0 Å². The molecule has 1 aromatic carbocycles. The number of aromatic hydroxyl groups is 1. The molecule has 2 rings (SSSR count). The van der Waals surface area contributed by atoms with Gasteiger partial charge in [0.15, 0.2) is 0 Å². The minimum absolute atomic E-state index is 0.115. The van der Waals surface area contributed by atoms with Crippen LogP contribution in [0.5, 0.6) is 5.75 Å². The molecule has 0 radical (unpaired) electrons. The first-order valence-corrected chi connectivity index (χ1v) is 11.1. The molecule has 1 fully saturated rings. The van der Waals surface area contributed by atoms with Gasteiger partial charge in [-0.2, -0.15) is 0 Å². The van der Waals surface area contributed by atoms with E-state index >= 15 is 0 Å². The predicted molar refractivity (Wildman–Crippen MR) is 120 cm³/mol. The highest BCUT2D eigenvalue weighted by Gasteiger charge is 2.36. The second-order valence-electron chi connectivity index (χ2n) is 8.13. The lowest BCUT2D eigenvalue weighted by Crippen LogP contribution is -2.53. The van der Waals surface area contributed by atoms with Crippen LogP contribution in [0, 0.1) is 0 Å². The minimum Gasteiger partial charge on any atom is -0.508 e. The zero-order chi connectivity index (χ0) is 24.4. The Morgan fingerprint density at radius 3 is 2.48 bits per heavy atom. The molecule has 1 aliphatic rings. The van der Waals surface area contributed by atoms with Crippen LogP contribution in [0.4, 0.5) is 0 Å². The van der Waals surface area contributed by atoms with Crippen molar-refractivity contribution >= 4 is 23.7 Å². The summed E-state index contributed by atoms with van der Waals surface area (Å²) >= 11 is 0. The van der Waals surface area contributed by atoms with Crippen LogP contribution in [-0.4, -0.2) is 76.6 Å². The van der Waals surface area contributed by atoms with Gasteiger partial charge in [-0.25, -0.2) is 4.79 Å². The Morgan fingerprint density at radius 1 is 1.15 bits per heavy atom. The SMILES string of the molecule is NCCCCC(NC(=O)CNC(=O)C1CCCN1C(=O)C(N)Cc1ccc(O)cc1)C(=O)O. The van der Waals surface area contributed by atoms with Crippen LogP contribution in [0.2, 0.25) is 0 Å². The Labute approximate surface area is 192 Å². The number of hydrogen-bond donors (Lipinski definition) is 6. The quantitative estimate of drug-likeness (QED) is 0.214. The summed E-state index contributed by atoms with van der Waals surface area (Å²) in [6.07, 6.45) is 2.79. The van der Waals surface area contributed by atoms with Crippen LogP contribution in [0.15, 0.2) is 24.3 Å². The second kappa shape index (κ2) is 12.8. The maximum Gasteiger partial charge on any atom is 0.326 e. The number of amides is 3. The number of likely N-dealkylation sites (tertiary alicyclic amines) is 1. The van der Waals surface area contributed by atoms with Gasteiger partial charge in [-0.1, -0.05) is 12.1 Å². The fourth-order valence-electron chi connectivity index (χ4n) is 3.77. The lowest BCUT2D eigenvalue weighted by atomic mass is 10.0. The molecule has 182 valence electrons. The molecule has 0 bridgehead atoms. The zero-order valence-electron chi connectivity index (χ0n) is 18.5. The number of carboxylic acids is 1. The molecule has 8 N–H and O–H groups in total. The average Bonchev–Trinajstić information content (AvgIpc) is 3.27. The number of carboxylic acid groups (broad SMARTS) is 1. The molecule has 11 heteroatoms. The van der Waals surface area contributed by atoms with Crippen molar-refractivity contribution in [1.29, 1.82) is 0 Å². The van der Waals surface area contributed by atoms with Gasteiger partial charge in [0.2, 0.25) is 17.7 Å². The number of nitrogens with two attached hydrogens (primary N) is 2. The first-order chi connectivity index (χ1) is 15.7. The summed E-state index contributed by atoms with van der Waals surface area (Å²) in [4.78, 5) is 50.3. The third kappa shape index (κ3) is 8.03. The van der Waals surface area contributed by atoms with Crippen LogP contribution in [-0.2, 0) is 25.6 Å². The number of benzene rings is 1. The molecule has 1 aliphatic heterocycles. The topological polar surface area (TPSA) is 188 Å². The Balaban J connectivity index is 1.86. The maximum atomic E-state index is 12.8. The van der Waals surface area contributed by atoms with Crippen molar-refractivity contribution in [2.45, 2.75) is 56.7 Å². The monoisotopic (exact) mass is 463 g/mol. The van der Waals surface area contributed by atoms with Crippen molar-refractivity contribution < 1.29 is 29.4 Å². The van der Waals surface area contributed by atoms with Gasteiger partial charge in [0.05, 0.1) is 12.6 Å². The molecule has 3 unspecified atom stereocenters. The van der Waals surface area contributed by atoms with Gasteiger partial charge in [0, 0.05) is 6.54 Å². The fraction of sp³-hybridized carbons (Fsp3) is 0.545. The summed E-state index contributed by atoms with van der Waals surface area (Å²) in [7, 11) is 0. The molecule has 33 heavy (non-hydrogen) atoms. The van der Waals surface area contributed by atoms with Crippen molar-refractivity contribution in [3.8, 4) is 5.75 Å². The lowest BCUT2D eigenvalue weighted by molar-refractivity contribution is -0.142. The maximum absolute atomic E-state index is 12.8. The largest absolute Gasteiger partial charge is 0.508 e. The van der Waals surface area contributed by atoms with Crippen molar-refractivity contribution in [2.24, 2.45) is 11.5 Å². The van der Waals surface area contributed by atoms with Crippen LogP contribution < -0.4 is 22.1 Å². The smallest absolute Gasteiger partial charge is 0.326 e. The number of carbonyl (C=O) groups excluding carboxylic acids is 3. The number of nitrogens with zero attached hydrogens (tertiary/aromatic N) is 1. The third-order valence-corrected chi connectivity index (χ3v) is 5.55. The first-order valence-electron chi connectivity index (χ1n) is 11.1. The molecule has 0 aliphatic carbocycles. The number of carbonyl (C=O) groups is 4. The molecule has 11 nitrogen and oxygen atoms in total. The van der Waals surface area contributed by atoms with Crippen LogP contribution >= 0.6 is 0 Å². The summed E-state index contributed by atoms with van der Waals surface area (Å²) in [6, 6.07) is 3.73. The van der Waals surface area contributed by atoms with E-state index < -0.39 is 42.5 Å². The Bertz CT molecular complexity index is 831. The summed E-state index contributed by atoms with van der Waals surface area (Å²) in [6.45, 7) is 0.428. The summed E-state index contributed by atoms with van der Waals surface area (Å²) < 4.78 is 0. The number of hydrogen-bond acceptors (Lipinski definition) is 7. The molecule has 1 aromatic rings. The number of unbranched alkanes of at least 4 members (excludes halogenated alkanes) is 1. The summed E-state index contributed by atoms with van der Waals surface area (Å²) in [5.41, 5.74) is 12.3. The molecule has 3 amide bonds. The average molecular weight is 464 g/mol. The molecular formula is C22H33N5O6.